The molecule has 0 aliphatic carbocycles. The molecule has 2 aromatic carbocycles. The molecule has 0 radical (unpaired) electrons. The number of amides is 1. The van der Waals surface area contributed by atoms with Gasteiger partial charge in [-0.2, -0.15) is 5.26 Å². The second kappa shape index (κ2) is 10.9. The molecule has 0 unspecified atom stereocenters. The number of hydrogen-bond acceptors (Lipinski definition) is 5. The molecule has 2 aromatic rings. The summed E-state index contributed by atoms with van der Waals surface area (Å²) in [6.45, 7) is 2.50. The first kappa shape index (κ1) is 21.2. The number of para-hydroxylation sites is 1. The van der Waals surface area contributed by atoms with Gasteiger partial charge in [0.2, 0.25) is 0 Å². The lowest BCUT2D eigenvalue weighted by Crippen LogP contribution is -2.19. The summed E-state index contributed by atoms with van der Waals surface area (Å²) < 4.78 is 5.98. The molecule has 7 heteroatoms. The standard InChI is InChI=1S/C21H20BrN3O3/c1-2-28-21(27)18-8-3-4-9-19(18)25-20(26)16(13-23)14-24-11-10-15-6-5-7-17(22)12-15/h3-9,12,14,24H,2,10-11H2,1H3,(H,25,26)/b16-14-. The molecular formula is C21H20BrN3O3. The molecule has 0 aliphatic heterocycles. The molecule has 0 bridgehead atoms. The number of carbonyl (C=O) groups is 2. The van der Waals surface area contributed by atoms with E-state index in [0.717, 1.165) is 16.5 Å². The highest BCUT2D eigenvalue weighted by Crippen LogP contribution is 2.17. The van der Waals surface area contributed by atoms with Crippen LogP contribution in [0.4, 0.5) is 5.69 Å². The Morgan fingerprint density at radius 3 is 2.71 bits per heavy atom. The highest BCUT2D eigenvalue weighted by Gasteiger charge is 2.16. The summed E-state index contributed by atoms with van der Waals surface area (Å²) in [6, 6.07) is 16.3. The number of ether oxygens (including phenoxy) is 1. The van der Waals surface area contributed by atoms with E-state index in [-0.39, 0.29) is 17.7 Å². The molecule has 2 rings (SSSR count). The molecule has 28 heavy (non-hydrogen) atoms. The van der Waals surface area contributed by atoms with E-state index in [1.54, 1.807) is 31.2 Å². The third kappa shape index (κ3) is 6.25. The van der Waals surface area contributed by atoms with Crippen molar-refractivity contribution in [2.45, 2.75) is 13.3 Å². The van der Waals surface area contributed by atoms with Crippen LogP contribution in [0.2, 0.25) is 0 Å². The van der Waals surface area contributed by atoms with Crippen molar-refractivity contribution in [2.24, 2.45) is 0 Å². The third-order valence-corrected chi connectivity index (χ3v) is 4.22. The van der Waals surface area contributed by atoms with E-state index < -0.39 is 11.9 Å². The predicted molar refractivity (Wildman–Crippen MR) is 111 cm³/mol. The molecule has 0 saturated heterocycles. The van der Waals surface area contributed by atoms with Crippen molar-refractivity contribution in [2.75, 3.05) is 18.5 Å². The Morgan fingerprint density at radius 2 is 2.00 bits per heavy atom. The second-order valence-electron chi connectivity index (χ2n) is 5.72. The van der Waals surface area contributed by atoms with E-state index in [0.29, 0.717) is 12.2 Å². The first-order valence-corrected chi connectivity index (χ1v) is 9.50. The molecule has 0 aromatic heterocycles. The lowest BCUT2D eigenvalue weighted by atomic mass is 10.1. The van der Waals surface area contributed by atoms with Crippen molar-refractivity contribution in [3.63, 3.8) is 0 Å². The number of benzene rings is 2. The largest absolute Gasteiger partial charge is 0.462 e. The summed E-state index contributed by atoms with van der Waals surface area (Å²) in [5, 5.41) is 14.8. The first-order valence-electron chi connectivity index (χ1n) is 8.70. The van der Waals surface area contributed by atoms with Crippen LogP contribution in [-0.2, 0) is 16.0 Å². The van der Waals surface area contributed by atoms with Gasteiger partial charge in [0.05, 0.1) is 17.9 Å². The SMILES string of the molecule is CCOC(=O)c1ccccc1NC(=O)/C(C#N)=C\NCCc1cccc(Br)c1. The number of halogens is 1. The average molecular weight is 442 g/mol. The number of esters is 1. The molecule has 0 heterocycles. The van der Waals surface area contributed by atoms with Gasteiger partial charge in [0.1, 0.15) is 11.6 Å². The van der Waals surface area contributed by atoms with Crippen molar-refractivity contribution in [3.05, 3.63) is 75.9 Å². The van der Waals surface area contributed by atoms with Crippen molar-refractivity contribution < 1.29 is 14.3 Å². The Kier molecular flexibility index (Phi) is 8.25. The van der Waals surface area contributed by atoms with Crippen molar-refractivity contribution in [3.8, 4) is 6.07 Å². The summed E-state index contributed by atoms with van der Waals surface area (Å²) in [4.78, 5) is 24.4. The van der Waals surface area contributed by atoms with Gasteiger partial charge in [-0.25, -0.2) is 4.79 Å². The van der Waals surface area contributed by atoms with Crippen LogP contribution in [0.5, 0.6) is 0 Å². The van der Waals surface area contributed by atoms with Gasteiger partial charge in [-0.3, -0.25) is 4.79 Å². The molecule has 6 nitrogen and oxygen atoms in total. The van der Waals surface area contributed by atoms with Gasteiger partial charge in [-0.05, 0) is 43.2 Å². The minimum Gasteiger partial charge on any atom is -0.462 e. The van der Waals surface area contributed by atoms with Gasteiger partial charge in [0.25, 0.3) is 5.91 Å². The van der Waals surface area contributed by atoms with Crippen LogP contribution < -0.4 is 10.6 Å². The fourth-order valence-electron chi connectivity index (χ4n) is 2.40. The number of nitrogens with one attached hydrogen (secondary N) is 2. The molecule has 0 atom stereocenters. The van der Waals surface area contributed by atoms with E-state index in [4.69, 9.17) is 4.74 Å². The van der Waals surface area contributed by atoms with Crippen molar-refractivity contribution in [1.82, 2.24) is 5.32 Å². The number of carbonyl (C=O) groups excluding carboxylic acids is 2. The molecule has 144 valence electrons. The molecule has 2 N–H and O–H groups in total. The van der Waals surface area contributed by atoms with Crippen LogP contribution in [0.25, 0.3) is 0 Å². The fourth-order valence-corrected chi connectivity index (χ4v) is 2.85. The predicted octanol–water partition coefficient (Wildman–Crippen LogP) is 3.80. The van der Waals surface area contributed by atoms with Gasteiger partial charge >= 0.3 is 5.97 Å². The minimum atomic E-state index is -0.603. The summed E-state index contributed by atoms with van der Waals surface area (Å²) in [6.07, 6.45) is 2.11. The summed E-state index contributed by atoms with van der Waals surface area (Å²) in [5.74, 6) is -1.14. The van der Waals surface area contributed by atoms with Crippen molar-refractivity contribution >= 4 is 33.5 Å². The molecule has 0 saturated carbocycles. The fraction of sp³-hybridized carbons (Fsp3) is 0.190. The van der Waals surface area contributed by atoms with E-state index in [1.807, 2.05) is 30.3 Å². The lowest BCUT2D eigenvalue weighted by molar-refractivity contribution is -0.112. The van der Waals surface area contributed by atoms with Crippen LogP contribution in [0.1, 0.15) is 22.8 Å². The maximum Gasteiger partial charge on any atom is 0.340 e. The highest BCUT2D eigenvalue weighted by atomic mass is 79.9. The van der Waals surface area contributed by atoms with E-state index in [9.17, 15) is 14.9 Å². The highest BCUT2D eigenvalue weighted by molar-refractivity contribution is 9.10. The van der Waals surface area contributed by atoms with Crippen molar-refractivity contribution in [1.29, 1.82) is 5.26 Å². The number of nitriles is 1. The van der Waals surface area contributed by atoms with Crippen LogP contribution in [0, 0.1) is 11.3 Å². The van der Waals surface area contributed by atoms with Gasteiger partial charge in [0.15, 0.2) is 0 Å². The summed E-state index contributed by atoms with van der Waals surface area (Å²) in [5.41, 5.74) is 1.56. The maximum atomic E-state index is 12.4. The molecule has 1 amide bonds. The van der Waals surface area contributed by atoms with E-state index in [2.05, 4.69) is 26.6 Å². The molecule has 0 spiro atoms. The lowest BCUT2D eigenvalue weighted by Gasteiger charge is -2.10. The zero-order valence-corrected chi connectivity index (χ0v) is 17.0. The van der Waals surface area contributed by atoms with Gasteiger partial charge in [-0.15, -0.1) is 0 Å². The van der Waals surface area contributed by atoms with E-state index >= 15 is 0 Å². The number of hydrogen-bond donors (Lipinski definition) is 2. The quantitative estimate of drug-likeness (QED) is 0.281. The van der Waals surface area contributed by atoms with Crippen LogP contribution >= 0.6 is 15.9 Å². The summed E-state index contributed by atoms with van der Waals surface area (Å²) >= 11 is 3.42. The van der Waals surface area contributed by atoms with Crippen LogP contribution in [0.15, 0.2) is 64.8 Å². The average Bonchev–Trinajstić information content (AvgIpc) is 2.68. The Labute approximate surface area is 172 Å². The van der Waals surface area contributed by atoms with Crippen LogP contribution in [0.3, 0.4) is 0 Å². The monoisotopic (exact) mass is 441 g/mol. The molecule has 0 fully saturated rings. The number of anilines is 1. The number of nitrogens with zero attached hydrogens (tertiary/aromatic N) is 1. The third-order valence-electron chi connectivity index (χ3n) is 3.73. The molecular weight excluding hydrogens is 422 g/mol. The minimum absolute atomic E-state index is 0.0899. The first-order chi connectivity index (χ1) is 13.5. The Hall–Kier alpha value is -3.11. The topological polar surface area (TPSA) is 91.2 Å². The zero-order valence-electron chi connectivity index (χ0n) is 15.4. The Balaban J connectivity index is 1.99. The normalized spacial score (nSPS) is 10.7. The van der Waals surface area contributed by atoms with Crippen LogP contribution in [-0.4, -0.2) is 25.0 Å². The zero-order chi connectivity index (χ0) is 20.4. The van der Waals surface area contributed by atoms with Gasteiger partial charge in [0, 0.05) is 17.2 Å². The van der Waals surface area contributed by atoms with Gasteiger partial charge < -0.3 is 15.4 Å². The van der Waals surface area contributed by atoms with E-state index in [1.165, 1.54) is 6.20 Å². The Morgan fingerprint density at radius 1 is 1.21 bits per heavy atom. The number of rotatable bonds is 8. The smallest absolute Gasteiger partial charge is 0.340 e. The Bertz CT molecular complexity index is 919. The van der Waals surface area contributed by atoms with Gasteiger partial charge in [-0.1, -0.05) is 40.2 Å². The second-order valence-corrected chi connectivity index (χ2v) is 6.64. The molecule has 0 aliphatic rings. The maximum absolute atomic E-state index is 12.4. The summed E-state index contributed by atoms with van der Waals surface area (Å²) in [7, 11) is 0.